The molecule has 0 aliphatic carbocycles. The van der Waals surface area contributed by atoms with E-state index in [4.69, 9.17) is 11.6 Å². The van der Waals surface area contributed by atoms with Gasteiger partial charge in [0, 0.05) is 24.0 Å². The molecule has 1 amide bonds. The zero-order valence-corrected chi connectivity index (χ0v) is 13.1. The average Bonchev–Trinajstić information content (AvgIpc) is 2.39. The van der Waals surface area contributed by atoms with Crippen LogP contribution in [0.2, 0.25) is 0 Å². The van der Waals surface area contributed by atoms with Gasteiger partial charge in [0.2, 0.25) is 15.9 Å². The van der Waals surface area contributed by atoms with Gasteiger partial charge < -0.3 is 5.32 Å². The van der Waals surface area contributed by atoms with Crippen molar-refractivity contribution < 1.29 is 13.2 Å². The van der Waals surface area contributed by atoms with Crippen LogP contribution in [0, 0.1) is 0 Å². The Balaban J connectivity index is 2.78. The van der Waals surface area contributed by atoms with E-state index in [1.807, 2.05) is 6.92 Å². The van der Waals surface area contributed by atoms with Crippen molar-refractivity contribution in [2.45, 2.75) is 37.6 Å². The largest absolute Gasteiger partial charge is 0.326 e. The van der Waals surface area contributed by atoms with Gasteiger partial charge in [0.25, 0.3) is 0 Å². The lowest BCUT2D eigenvalue weighted by Gasteiger charge is -2.12. The van der Waals surface area contributed by atoms with Crippen molar-refractivity contribution in [3.63, 3.8) is 0 Å². The number of sulfonamides is 1. The van der Waals surface area contributed by atoms with E-state index in [0.29, 0.717) is 12.1 Å². The van der Waals surface area contributed by atoms with Gasteiger partial charge in [-0.25, -0.2) is 13.1 Å². The summed E-state index contributed by atoms with van der Waals surface area (Å²) in [6.07, 6.45) is 0.934. The number of amides is 1. The van der Waals surface area contributed by atoms with Crippen molar-refractivity contribution in [2.24, 2.45) is 0 Å². The maximum absolute atomic E-state index is 12.0. The van der Waals surface area contributed by atoms with Crippen LogP contribution < -0.4 is 10.0 Å². The maximum Gasteiger partial charge on any atom is 0.240 e. The quantitative estimate of drug-likeness (QED) is 0.758. The van der Waals surface area contributed by atoms with Gasteiger partial charge in [-0.3, -0.25) is 4.79 Å². The second-order valence-corrected chi connectivity index (χ2v) is 6.53. The van der Waals surface area contributed by atoms with Gasteiger partial charge >= 0.3 is 0 Å². The Bertz CT molecular complexity index is 543. The van der Waals surface area contributed by atoms with Crippen molar-refractivity contribution in [1.29, 1.82) is 0 Å². The van der Waals surface area contributed by atoms with Crippen LogP contribution in [0.15, 0.2) is 29.2 Å². The van der Waals surface area contributed by atoms with Crippen LogP contribution in [-0.4, -0.2) is 26.2 Å². The molecular weight excluding hydrogens is 300 g/mol. The summed E-state index contributed by atoms with van der Waals surface area (Å²) in [7, 11) is -3.51. The molecule has 0 aliphatic rings. The van der Waals surface area contributed by atoms with Crippen LogP contribution >= 0.6 is 11.6 Å². The molecule has 2 N–H and O–H groups in total. The van der Waals surface area contributed by atoms with E-state index in [1.54, 1.807) is 19.1 Å². The molecule has 0 saturated heterocycles. The molecule has 1 atom stereocenters. The van der Waals surface area contributed by atoms with Gasteiger partial charge in [-0.2, -0.15) is 0 Å². The normalized spacial score (nSPS) is 12.9. The lowest BCUT2D eigenvalue weighted by Crippen LogP contribution is -2.31. The summed E-state index contributed by atoms with van der Waals surface area (Å²) < 4.78 is 26.6. The fourth-order valence-corrected chi connectivity index (χ4v) is 2.94. The minimum atomic E-state index is -3.51. The van der Waals surface area contributed by atoms with Gasteiger partial charge in [-0.05, 0) is 37.6 Å². The highest BCUT2D eigenvalue weighted by atomic mass is 35.5. The highest BCUT2D eigenvalue weighted by Crippen LogP contribution is 2.15. The molecule has 0 radical (unpaired) electrons. The van der Waals surface area contributed by atoms with Gasteiger partial charge in [-0.1, -0.05) is 6.92 Å². The first-order valence-electron chi connectivity index (χ1n) is 6.37. The smallest absolute Gasteiger partial charge is 0.240 e. The zero-order valence-electron chi connectivity index (χ0n) is 11.5. The predicted molar refractivity (Wildman–Crippen MR) is 80.5 cm³/mol. The van der Waals surface area contributed by atoms with Crippen molar-refractivity contribution in [3.8, 4) is 0 Å². The molecule has 0 fully saturated rings. The van der Waals surface area contributed by atoms with Crippen LogP contribution in [0.3, 0.4) is 0 Å². The first kappa shape index (κ1) is 16.9. The fraction of sp³-hybridized carbons (Fsp3) is 0.462. The molecule has 0 unspecified atom stereocenters. The van der Waals surface area contributed by atoms with Gasteiger partial charge in [0.1, 0.15) is 0 Å². The second kappa shape index (κ2) is 7.61. The lowest BCUT2D eigenvalue weighted by molar-refractivity contribution is -0.115. The summed E-state index contributed by atoms with van der Waals surface area (Å²) in [5.41, 5.74) is 0.544. The van der Waals surface area contributed by atoms with Crippen molar-refractivity contribution >= 4 is 33.2 Å². The second-order valence-electron chi connectivity index (χ2n) is 4.44. The van der Waals surface area contributed by atoms with E-state index in [-0.39, 0.29) is 29.1 Å². The molecule has 112 valence electrons. The number of anilines is 1. The topological polar surface area (TPSA) is 75.3 Å². The minimum Gasteiger partial charge on any atom is -0.326 e. The Hall–Kier alpha value is -1.11. The Morgan fingerprint density at radius 2 is 1.90 bits per heavy atom. The molecule has 0 saturated carbocycles. The Kier molecular flexibility index (Phi) is 6.45. The van der Waals surface area contributed by atoms with E-state index in [0.717, 1.165) is 0 Å². The van der Waals surface area contributed by atoms with Gasteiger partial charge in [-0.15, -0.1) is 11.6 Å². The maximum atomic E-state index is 12.0. The van der Waals surface area contributed by atoms with Crippen LogP contribution in [0.25, 0.3) is 0 Å². The third-order valence-electron chi connectivity index (χ3n) is 2.74. The first-order chi connectivity index (χ1) is 9.39. The van der Waals surface area contributed by atoms with E-state index in [2.05, 4.69) is 10.0 Å². The minimum absolute atomic E-state index is 0.122. The summed E-state index contributed by atoms with van der Waals surface area (Å²) in [6, 6.07) is 5.90. The fourth-order valence-electron chi connectivity index (χ4n) is 1.44. The van der Waals surface area contributed by atoms with E-state index in [9.17, 15) is 13.2 Å². The first-order valence-corrected chi connectivity index (χ1v) is 8.39. The molecule has 20 heavy (non-hydrogen) atoms. The standard InChI is InChI=1S/C13H19ClN2O3S/c1-3-10(2)16-20(18,19)12-6-4-11(5-7-12)15-13(17)8-9-14/h4-7,10,16H,3,8-9H2,1-2H3,(H,15,17)/t10-/m1/s1. The van der Waals surface area contributed by atoms with Gasteiger partial charge in [0.15, 0.2) is 0 Å². The van der Waals surface area contributed by atoms with Crippen LogP contribution in [0.4, 0.5) is 5.69 Å². The van der Waals surface area contributed by atoms with Crippen LogP contribution in [0.5, 0.6) is 0 Å². The third-order valence-corrected chi connectivity index (χ3v) is 4.53. The average molecular weight is 319 g/mol. The molecule has 0 bridgehead atoms. The highest BCUT2D eigenvalue weighted by molar-refractivity contribution is 7.89. The number of alkyl halides is 1. The number of hydrogen-bond acceptors (Lipinski definition) is 3. The number of carbonyl (C=O) groups is 1. The molecule has 7 heteroatoms. The Morgan fingerprint density at radius 1 is 1.30 bits per heavy atom. The van der Waals surface area contributed by atoms with Gasteiger partial charge in [0.05, 0.1) is 4.90 Å². The molecule has 1 aromatic carbocycles. The molecule has 0 heterocycles. The van der Waals surface area contributed by atoms with E-state index in [1.165, 1.54) is 12.1 Å². The summed E-state index contributed by atoms with van der Waals surface area (Å²) in [5.74, 6) is 0.0465. The number of rotatable bonds is 7. The number of benzene rings is 1. The van der Waals surface area contributed by atoms with Crippen LogP contribution in [0.1, 0.15) is 26.7 Å². The lowest BCUT2D eigenvalue weighted by atomic mass is 10.3. The van der Waals surface area contributed by atoms with E-state index >= 15 is 0 Å². The molecule has 0 aromatic heterocycles. The number of halogens is 1. The monoisotopic (exact) mass is 318 g/mol. The number of hydrogen-bond donors (Lipinski definition) is 2. The Labute approximate surface area is 124 Å². The Morgan fingerprint density at radius 3 is 2.40 bits per heavy atom. The number of nitrogens with one attached hydrogen (secondary N) is 2. The molecule has 0 spiro atoms. The molecule has 5 nitrogen and oxygen atoms in total. The molecular formula is C13H19ClN2O3S. The third kappa shape index (κ3) is 5.11. The summed E-state index contributed by atoms with van der Waals surface area (Å²) in [6.45, 7) is 3.71. The highest BCUT2D eigenvalue weighted by Gasteiger charge is 2.16. The van der Waals surface area contributed by atoms with Crippen molar-refractivity contribution in [3.05, 3.63) is 24.3 Å². The predicted octanol–water partition coefficient (Wildman–Crippen LogP) is 2.33. The zero-order chi connectivity index (χ0) is 15.2. The molecule has 0 aliphatic heterocycles. The molecule has 1 rings (SSSR count). The summed E-state index contributed by atoms with van der Waals surface area (Å²) in [5, 5.41) is 2.63. The molecule has 1 aromatic rings. The summed E-state index contributed by atoms with van der Waals surface area (Å²) in [4.78, 5) is 11.5. The SMILES string of the molecule is CC[C@@H](C)NS(=O)(=O)c1ccc(NC(=O)CCCl)cc1. The van der Waals surface area contributed by atoms with Crippen LogP contribution in [-0.2, 0) is 14.8 Å². The van der Waals surface area contributed by atoms with Crippen molar-refractivity contribution in [1.82, 2.24) is 4.72 Å². The number of carbonyl (C=O) groups excluding carboxylic acids is 1. The summed E-state index contributed by atoms with van der Waals surface area (Å²) >= 11 is 5.46. The van der Waals surface area contributed by atoms with E-state index < -0.39 is 10.0 Å². The van der Waals surface area contributed by atoms with Crippen molar-refractivity contribution in [2.75, 3.05) is 11.2 Å².